The zero-order valence-electron chi connectivity index (χ0n) is 7.02. The standard InChI is InChI=1S/C9H9F2NO/c1-6(10)5-8(11)7(2)9-3-4-13-12-9/h5H,1-4H2/b8-5+. The van der Waals surface area contributed by atoms with Crippen molar-refractivity contribution in [1.82, 2.24) is 0 Å². The van der Waals surface area contributed by atoms with Gasteiger partial charge in [0, 0.05) is 18.1 Å². The SMILES string of the molecule is C=C(F)/C=C(/F)C(=C)C1=NOCC1. The summed E-state index contributed by atoms with van der Waals surface area (Å²) < 4.78 is 25.2. The fourth-order valence-electron chi connectivity index (χ4n) is 0.880. The zero-order valence-corrected chi connectivity index (χ0v) is 7.02. The van der Waals surface area contributed by atoms with Gasteiger partial charge >= 0.3 is 0 Å². The van der Waals surface area contributed by atoms with Gasteiger partial charge in [-0.1, -0.05) is 18.3 Å². The Morgan fingerprint density at radius 2 is 2.15 bits per heavy atom. The number of nitrogens with zero attached hydrogens (tertiary/aromatic N) is 1. The molecule has 0 aromatic carbocycles. The summed E-state index contributed by atoms with van der Waals surface area (Å²) in [5, 5.41) is 3.55. The normalized spacial score (nSPS) is 16.5. The summed E-state index contributed by atoms with van der Waals surface area (Å²) in [7, 11) is 0. The van der Waals surface area contributed by atoms with Crippen molar-refractivity contribution in [3.05, 3.63) is 36.5 Å². The lowest BCUT2D eigenvalue weighted by molar-refractivity contribution is 0.174. The third kappa shape index (κ3) is 2.50. The van der Waals surface area contributed by atoms with E-state index < -0.39 is 11.7 Å². The number of hydrogen-bond acceptors (Lipinski definition) is 2. The second-order valence-corrected chi connectivity index (χ2v) is 2.54. The van der Waals surface area contributed by atoms with E-state index in [2.05, 4.69) is 23.2 Å². The average Bonchev–Trinajstić information content (AvgIpc) is 2.53. The number of halogens is 2. The first kappa shape index (κ1) is 9.64. The maximum Gasteiger partial charge on any atom is 0.134 e. The van der Waals surface area contributed by atoms with Crippen LogP contribution in [0.3, 0.4) is 0 Å². The molecule has 0 bridgehead atoms. The van der Waals surface area contributed by atoms with Gasteiger partial charge in [0.2, 0.25) is 0 Å². The highest BCUT2D eigenvalue weighted by atomic mass is 19.1. The number of rotatable bonds is 3. The molecule has 0 saturated heterocycles. The summed E-state index contributed by atoms with van der Waals surface area (Å²) >= 11 is 0. The quantitative estimate of drug-likeness (QED) is 0.619. The van der Waals surface area contributed by atoms with Crippen LogP contribution in [-0.4, -0.2) is 12.3 Å². The molecule has 70 valence electrons. The molecule has 0 unspecified atom stereocenters. The molecule has 0 spiro atoms. The Kier molecular flexibility index (Phi) is 2.95. The maximum absolute atomic E-state index is 13.0. The minimum absolute atomic E-state index is 0.0521. The Bertz CT molecular complexity index is 305. The highest BCUT2D eigenvalue weighted by Gasteiger charge is 2.15. The van der Waals surface area contributed by atoms with Gasteiger partial charge in [-0.25, -0.2) is 8.78 Å². The van der Waals surface area contributed by atoms with Crippen molar-refractivity contribution in [2.24, 2.45) is 5.16 Å². The van der Waals surface area contributed by atoms with Gasteiger partial charge in [-0.3, -0.25) is 0 Å². The van der Waals surface area contributed by atoms with Crippen LogP contribution in [0.15, 0.2) is 41.6 Å². The second kappa shape index (κ2) is 3.98. The molecule has 1 aliphatic rings. The molecule has 2 nitrogen and oxygen atoms in total. The molecule has 1 aliphatic heterocycles. The topological polar surface area (TPSA) is 21.6 Å². The van der Waals surface area contributed by atoms with Crippen molar-refractivity contribution in [2.45, 2.75) is 6.42 Å². The number of hydrogen-bond donors (Lipinski definition) is 0. The van der Waals surface area contributed by atoms with Crippen LogP contribution in [0.2, 0.25) is 0 Å². The second-order valence-electron chi connectivity index (χ2n) is 2.54. The fourth-order valence-corrected chi connectivity index (χ4v) is 0.880. The smallest absolute Gasteiger partial charge is 0.134 e. The lowest BCUT2D eigenvalue weighted by Crippen LogP contribution is -1.99. The Balaban J connectivity index is 2.72. The van der Waals surface area contributed by atoms with Crippen LogP contribution in [0.1, 0.15) is 6.42 Å². The van der Waals surface area contributed by atoms with E-state index in [1.807, 2.05) is 0 Å². The van der Waals surface area contributed by atoms with E-state index in [1.165, 1.54) is 0 Å². The Hall–Kier alpha value is -1.45. The van der Waals surface area contributed by atoms with Crippen molar-refractivity contribution in [3.63, 3.8) is 0 Å². The summed E-state index contributed by atoms with van der Waals surface area (Å²) in [6, 6.07) is 0. The van der Waals surface area contributed by atoms with E-state index in [9.17, 15) is 8.78 Å². The van der Waals surface area contributed by atoms with Crippen LogP contribution in [-0.2, 0) is 4.84 Å². The van der Waals surface area contributed by atoms with Crippen molar-refractivity contribution in [1.29, 1.82) is 0 Å². The Morgan fingerprint density at radius 1 is 1.46 bits per heavy atom. The number of allylic oxidation sites excluding steroid dienone is 4. The van der Waals surface area contributed by atoms with Crippen molar-refractivity contribution >= 4 is 5.71 Å². The van der Waals surface area contributed by atoms with Crippen LogP contribution < -0.4 is 0 Å². The molecule has 0 atom stereocenters. The van der Waals surface area contributed by atoms with Gasteiger partial charge in [0.15, 0.2) is 0 Å². The van der Waals surface area contributed by atoms with E-state index in [0.29, 0.717) is 24.8 Å². The first-order valence-corrected chi connectivity index (χ1v) is 3.71. The maximum atomic E-state index is 13.0. The van der Waals surface area contributed by atoms with Gasteiger partial charge in [-0.2, -0.15) is 0 Å². The molecule has 0 fully saturated rings. The third-order valence-corrected chi connectivity index (χ3v) is 1.52. The molecule has 1 rings (SSSR count). The van der Waals surface area contributed by atoms with Crippen molar-refractivity contribution < 1.29 is 13.6 Å². The van der Waals surface area contributed by atoms with Crippen molar-refractivity contribution in [3.8, 4) is 0 Å². The van der Waals surface area contributed by atoms with E-state index >= 15 is 0 Å². The molecule has 0 radical (unpaired) electrons. The molecule has 13 heavy (non-hydrogen) atoms. The summed E-state index contributed by atoms with van der Waals surface area (Å²) in [5.41, 5.74) is 0.464. The van der Waals surface area contributed by atoms with E-state index in [-0.39, 0.29) is 5.57 Å². The van der Waals surface area contributed by atoms with Crippen molar-refractivity contribution in [2.75, 3.05) is 6.61 Å². The molecule has 0 aromatic rings. The van der Waals surface area contributed by atoms with Gasteiger partial charge in [0.05, 0.1) is 5.71 Å². The molecule has 1 heterocycles. The summed E-state index contributed by atoms with van der Waals surface area (Å²) in [4.78, 5) is 4.65. The third-order valence-electron chi connectivity index (χ3n) is 1.52. The molecule has 0 aliphatic carbocycles. The van der Waals surface area contributed by atoms with Crippen LogP contribution >= 0.6 is 0 Å². The van der Waals surface area contributed by atoms with E-state index in [4.69, 9.17) is 0 Å². The molecule has 0 N–H and O–H groups in total. The molecular formula is C9H9F2NO. The number of oxime groups is 1. The Morgan fingerprint density at radius 3 is 2.62 bits per heavy atom. The van der Waals surface area contributed by atoms with Crippen LogP contribution in [0.25, 0.3) is 0 Å². The molecule has 0 amide bonds. The minimum Gasteiger partial charge on any atom is -0.395 e. The van der Waals surface area contributed by atoms with Crippen LogP contribution in [0, 0.1) is 0 Å². The summed E-state index contributed by atoms with van der Waals surface area (Å²) in [5.74, 6) is -1.62. The van der Waals surface area contributed by atoms with Crippen LogP contribution in [0.5, 0.6) is 0 Å². The largest absolute Gasteiger partial charge is 0.395 e. The highest BCUT2D eigenvalue weighted by Crippen LogP contribution is 2.18. The zero-order chi connectivity index (χ0) is 9.84. The monoisotopic (exact) mass is 185 g/mol. The molecule has 0 aromatic heterocycles. The van der Waals surface area contributed by atoms with Gasteiger partial charge in [0.25, 0.3) is 0 Å². The lowest BCUT2D eigenvalue weighted by Gasteiger charge is -1.98. The first-order chi connectivity index (χ1) is 6.11. The Labute approximate surface area is 74.9 Å². The summed E-state index contributed by atoms with van der Waals surface area (Å²) in [6.07, 6.45) is 1.17. The average molecular weight is 185 g/mol. The fraction of sp³-hybridized carbons (Fsp3) is 0.222. The van der Waals surface area contributed by atoms with Crippen LogP contribution in [0.4, 0.5) is 8.78 Å². The first-order valence-electron chi connectivity index (χ1n) is 3.71. The predicted molar refractivity (Wildman–Crippen MR) is 46.6 cm³/mol. The summed E-state index contributed by atoms with van der Waals surface area (Å²) in [6.45, 7) is 6.75. The van der Waals surface area contributed by atoms with E-state index in [1.54, 1.807) is 0 Å². The van der Waals surface area contributed by atoms with E-state index in [0.717, 1.165) is 0 Å². The highest BCUT2D eigenvalue weighted by molar-refractivity contribution is 6.03. The lowest BCUT2D eigenvalue weighted by atomic mass is 10.1. The van der Waals surface area contributed by atoms with Gasteiger partial charge in [-0.05, 0) is 0 Å². The predicted octanol–water partition coefficient (Wildman–Crippen LogP) is 2.66. The van der Waals surface area contributed by atoms with Gasteiger partial charge in [0.1, 0.15) is 18.3 Å². The minimum atomic E-state index is -0.849. The van der Waals surface area contributed by atoms with Gasteiger partial charge in [-0.15, -0.1) is 0 Å². The molecule has 4 heteroatoms. The van der Waals surface area contributed by atoms with Gasteiger partial charge < -0.3 is 4.84 Å². The molecular weight excluding hydrogens is 176 g/mol. The molecule has 0 saturated carbocycles.